The van der Waals surface area contributed by atoms with Crippen LogP contribution in [0, 0.1) is 5.82 Å². The fourth-order valence-electron chi connectivity index (χ4n) is 2.48. The number of hydrogen-bond donors (Lipinski definition) is 3. The van der Waals surface area contributed by atoms with E-state index >= 15 is 0 Å². The van der Waals surface area contributed by atoms with Crippen LogP contribution in [0.4, 0.5) is 9.18 Å². The Bertz CT molecular complexity index is 647. The zero-order chi connectivity index (χ0) is 14.5. The molecule has 1 aromatic carbocycles. The maximum absolute atomic E-state index is 13.4. The van der Waals surface area contributed by atoms with Gasteiger partial charge in [0, 0.05) is 12.0 Å². The van der Waals surface area contributed by atoms with Gasteiger partial charge in [0.25, 0.3) is 5.91 Å². The number of carbonyl (C=O) groups excluding carboxylic acids is 2. The predicted octanol–water partition coefficient (Wildman–Crippen LogP) is 0.0961. The lowest BCUT2D eigenvalue weighted by Gasteiger charge is -2.35. The van der Waals surface area contributed by atoms with E-state index in [-0.39, 0.29) is 17.7 Å². The Hall–Kier alpha value is -2.64. The molecular weight excluding hydrogens is 271 g/mol. The van der Waals surface area contributed by atoms with Gasteiger partial charge in [-0.15, -0.1) is 0 Å². The highest BCUT2D eigenvalue weighted by Gasteiger charge is 2.54. The molecule has 3 amide bonds. The third kappa shape index (κ3) is 1.61. The first kappa shape index (κ1) is 12.4. The lowest BCUT2D eigenvalue weighted by molar-refractivity contribution is -0.147. The van der Waals surface area contributed by atoms with Gasteiger partial charge < -0.3 is 15.2 Å². The third-order valence-corrected chi connectivity index (χ3v) is 3.38. The van der Waals surface area contributed by atoms with Gasteiger partial charge in [0.05, 0.1) is 0 Å². The van der Waals surface area contributed by atoms with Gasteiger partial charge in [0.2, 0.25) is 0 Å². The Labute approximate surface area is 111 Å². The van der Waals surface area contributed by atoms with Gasteiger partial charge in [0.1, 0.15) is 11.6 Å². The summed E-state index contributed by atoms with van der Waals surface area (Å²) < 4.78 is 18.6. The molecule has 1 fully saturated rings. The van der Waals surface area contributed by atoms with E-state index in [0.29, 0.717) is 0 Å². The number of rotatable bonds is 1. The molecule has 8 heteroatoms. The summed E-state index contributed by atoms with van der Waals surface area (Å²) >= 11 is 0. The fourth-order valence-corrected chi connectivity index (χ4v) is 2.48. The first-order valence-corrected chi connectivity index (χ1v) is 5.75. The quantitative estimate of drug-likeness (QED) is 0.633. The average molecular weight is 280 g/mol. The highest BCUT2D eigenvalue weighted by Crippen LogP contribution is 2.41. The van der Waals surface area contributed by atoms with Crippen LogP contribution < -0.4 is 15.4 Å². The Balaban J connectivity index is 2.18. The molecule has 104 valence electrons. The lowest BCUT2D eigenvalue weighted by atomic mass is 9.82. The summed E-state index contributed by atoms with van der Waals surface area (Å²) in [4.78, 5) is 34.5. The summed E-state index contributed by atoms with van der Waals surface area (Å²) in [7, 11) is 0. The van der Waals surface area contributed by atoms with Crippen LogP contribution in [0.15, 0.2) is 18.2 Å². The second kappa shape index (κ2) is 3.92. The highest BCUT2D eigenvalue weighted by molar-refractivity contribution is 6.08. The maximum atomic E-state index is 13.4. The molecule has 2 aliphatic heterocycles. The number of carbonyl (C=O) groups is 3. The number of carboxylic acids is 1. The summed E-state index contributed by atoms with van der Waals surface area (Å²) in [5, 5.41) is 13.5. The standard InChI is InChI=1S/C12H9FN2O5/c13-5-1-2-7-6(3-5)12(4-8(20-7)9(16)17)10(18)14-11(19)15-12/h1-3,8H,4H2,(H,16,17)(H2,14,15,18,19)/t8?,12-/m0/s1. The Morgan fingerprint density at radius 1 is 1.45 bits per heavy atom. The Morgan fingerprint density at radius 2 is 2.20 bits per heavy atom. The van der Waals surface area contributed by atoms with Gasteiger partial charge >= 0.3 is 12.0 Å². The molecule has 2 aliphatic rings. The zero-order valence-corrected chi connectivity index (χ0v) is 9.97. The molecule has 3 rings (SSSR count). The van der Waals surface area contributed by atoms with E-state index in [0.717, 1.165) is 12.1 Å². The van der Waals surface area contributed by atoms with E-state index in [1.54, 1.807) is 0 Å². The van der Waals surface area contributed by atoms with Gasteiger partial charge in [0.15, 0.2) is 11.6 Å². The van der Waals surface area contributed by atoms with Gasteiger partial charge in [-0.25, -0.2) is 14.0 Å². The average Bonchev–Trinajstić information content (AvgIpc) is 2.65. The number of hydrogen-bond acceptors (Lipinski definition) is 4. The first-order chi connectivity index (χ1) is 9.42. The van der Waals surface area contributed by atoms with Crippen molar-refractivity contribution in [3.63, 3.8) is 0 Å². The molecule has 1 saturated heterocycles. The largest absolute Gasteiger partial charge is 0.479 e. The third-order valence-electron chi connectivity index (χ3n) is 3.38. The molecule has 0 aliphatic carbocycles. The van der Waals surface area contributed by atoms with Crippen molar-refractivity contribution in [1.29, 1.82) is 0 Å². The lowest BCUT2D eigenvalue weighted by Crippen LogP contribution is -2.52. The van der Waals surface area contributed by atoms with E-state index in [2.05, 4.69) is 5.32 Å². The SMILES string of the molecule is O=C1NC(=O)[C@@]2(CC(C(=O)O)Oc3ccc(F)cc32)N1. The molecule has 7 nitrogen and oxygen atoms in total. The fraction of sp³-hybridized carbons (Fsp3) is 0.250. The molecule has 2 heterocycles. The van der Waals surface area contributed by atoms with E-state index < -0.39 is 35.4 Å². The number of fused-ring (bicyclic) bond motifs is 2. The zero-order valence-electron chi connectivity index (χ0n) is 9.97. The highest BCUT2D eigenvalue weighted by atomic mass is 19.1. The molecular formula is C12H9FN2O5. The first-order valence-electron chi connectivity index (χ1n) is 5.75. The number of carboxylic acid groups (broad SMARTS) is 1. The monoisotopic (exact) mass is 280 g/mol. The van der Waals surface area contributed by atoms with Crippen molar-refractivity contribution < 1.29 is 28.6 Å². The Morgan fingerprint density at radius 3 is 2.80 bits per heavy atom. The van der Waals surface area contributed by atoms with Crippen molar-refractivity contribution in [3.8, 4) is 5.75 Å². The summed E-state index contributed by atoms with van der Waals surface area (Å²) in [5.74, 6) is -2.55. The van der Waals surface area contributed by atoms with Crippen molar-refractivity contribution >= 4 is 17.9 Å². The summed E-state index contributed by atoms with van der Waals surface area (Å²) in [6.07, 6.45) is -1.62. The van der Waals surface area contributed by atoms with Crippen LogP contribution in [0.2, 0.25) is 0 Å². The molecule has 0 radical (unpaired) electrons. The second-order valence-electron chi connectivity index (χ2n) is 4.60. The van der Waals surface area contributed by atoms with E-state index in [9.17, 15) is 18.8 Å². The van der Waals surface area contributed by atoms with E-state index in [1.807, 2.05) is 5.32 Å². The van der Waals surface area contributed by atoms with E-state index in [4.69, 9.17) is 9.84 Å². The smallest absolute Gasteiger partial charge is 0.345 e. The molecule has 2 atom stereocenters. The molecule has 1 unspecified atom stereocenters. The number of imide groups is 1. The summed E-state index contributed by atoms with van der Waals surface area (Å²) in [6, 6.07) is 2.62. The molecule has 3 N–H and O–H groups in total. The normalized spacial score (nSPS) is 27.6. The van der Waals surface area contributed by atoms with Crippen LogP contribution in [-0.2, 0) is 15.1 Å². The summed E-state index contributed by atoms with van der Waals surface area (Å²) in [6.45, 7) is 0. The van der Waals surface area contributed by atoms with Crippen LogP contribution in [0.1, 0.15) is 12.0 Å². The van der Waals surface area contributed by atoms with Crippen molar-refractivity contribution in [2.45, 2.75) is 18.1 Å². The number of benzene rings is 1. The molecule has 0 saturated carbocycles. The number of ether oxygens (including phenoxy) is 1. The minimum absolute atomic E-state index is 0.0578. The number of aliphatic carboxylic acids is 1. The minimum atomic E-state index is -1.62. The van der Waals surface area contributed by atoms with Gasteiger partial charge in [-0.3, -0.25) is 10.1 Å². The van der Waals surface area contributed by atoms with Gasteiger partial charge in [-0.05, 0) is 18.2 Å². The van der Waals surface area contributed by atoms with Gasteiger partial charge in [-0.1, -0.05) is 0 Å². The summed E-state index contributed by atoms with van der Waals surface area (Å²) in [5.41, 5.74) is -1.51. The molecule has 1 spiro atoms. The molecule has 20 heavy (non-hydrogen) atoms. The number of urea groups is 1. The number of amides is 3. The van der Waals surface area contributed by atoms with Crippen molar-refractivity contribution in [2.24, 2.45) is 0 Å². The van der Waals surface area contributed by atoms with Crippen molar-refractivity contribution in [3.05, 3.63) is 29.6 Å². The number of halogens is 1. The maximum Gasteiger partial charge on any atom is 0.345 e. The number of nitrogens with one attached hydrogen (secondary N) is 2. The van der Waals surface area contributed by atoms with Crippen LogP contribution in [0.25, 0.3) is 0 Å². The molecule has 0 bridgehead atoms. The Kier molecular flexibility index (Phi) is 2.43. The van der Waals surface area contributed by atoms with Gasteiger partial charge in [-0.2, -0.15) is 0 Å². The van der Waals surface area contributed by atoms with Crippen LogP contribution in [0.3, 0.4) is 0 Å². The minimum Gasteiger partial charge on any atom is -0.479 e. The molecule has 0 aromatic heterocycles. The predicted molar refractivity (Wildman–Crippen MR) is 61.4 cm³/mol. The second-order valence-corrected chi connectivity index (χ2v) is 4.60. The van der Waals surface area contributed by atoms with Crippen LogP contribution in [0.5, 0.6) is 5.75 Å². The molecule has 1 aromatic rings. The van der Waals surface area contributed by atoms with Crippen molar-refractivity contribution in [2.75, 3.05) is 0 Å². The van der Waals surface area contributed by atoms with Crippen molar-refractivity contribution in [1.82, 2.24) is 10.6 Å². The topological polar surface area (TPSA) is 105 Å². The van der Waals surface area contributed by atoms with Crippen LogP contribution in [-0.4, -0.2) is 29.1 Å². The van der Waals surface area contributed by atoms with E-state index in [1.165, 1.54) is 6.07 Å². The van der Waals surface area contributed by atoms with Crippen LogP contribution >= 0.6 is 0 Å².